The maximum Gasteiger partial charge on any atom is 0.336 e. The third-order valence-corrected chi connectivity index (χ3v) is 4.37. The van der Waals surface area contributed by atoms with Gasteiger partial charge in [-0.05, 0) is 43.2 Å². The van der Waals surface area contributed by atoms with Crippen LogP contribution in [0.1, 0.15) is 11.1 Å². The van der Waals surface area contributed by atoms with Crippen molar-refractivity contribution in [2.24, 2.45) is 0 Å². The number of benzene rings is 2. The average molecular weight is 392 g/mol. The van der Waals surface area contributed by atoms with E-state index in [9.17, 15) is 9.59 Å². The number of nitrogens with one attached hydrogen (secondary N) is 1. The van der Waals surface area contributed by atoms with Crippen molar-refractivity contribution in [3.05, 3.63) is 68.0 Å². The lowest BCUT2D eigenvalue weighted by Crippen LogP contribution is -2.20. The molecule has 0 fully saturated rings. The molecule has 0 unspecified atom stereocenters. The molecule has 2 aromatic carbocycles. The number of hydrogen-bond acceptors (Lipinski definition) is 4. The summed E-state index contributed by atoms with van der Waals surface area (Å²) in [5.74, 6) is -0.143. The largest absolute Gasteiger partial charge is 0.482 e. The van der Waals surface area contributed by atoms with Gasteiger partial charge in [-0.2, -0.15) is 0 Å². The predicted molar refractivity (Wildman–Crippen MR) is 103 cm³/mol. The van der Waals surface area contributed by atoms with E-state index in [1.807, 2.05) is 13.0 Å². The highest BCUT2D eigenvalue weighted by Gasteiger charge is 2.12. The van der Waals surface area contributed by atoms with Gasteiger partial charge in [0.1, 0.15) is 11.3 Å². The summed E-state index contributed by atoms with van der Waals surface area (Å²) in [6.07, 6.45) is 0. The van der Waals surface area contributed by atoms with Crippen LogP contribution in [0.25, 0.3) is 11.0 Å². The van der Waals surface area contributed by atoms with Crippen molar-refractivity contribution in [1.82, 2.24) is 0 Å². The second kappa shape index (κ2) is 7.40. The first kappa shape index (κ1) is 18.3. The van der Waals surface area contributed by atoms with Gasteiger partial charge >= 0.3 is 5.63 Å². The fourth-order valence-electron chi connectivity index (χ4n) is 2.48. The Hall–Kier alpha value is -2.50. The van der Waals surface area contributed by atoms with Crippen LogP contribution in [0, 0.1) is 13.8 Å². The second-order valence-corrected chi connectivity index (χ2v) is 6.66. The molecular formula is C19H15Cl2NO4. The summed E-state index contributed by atoms with van der Waals surface area (Å²) in [5.41, 5.74) is 2.11. The topological polar surface area (TPSA) is 68.5 Å². The lowest BCUT2D eigenvalue weighted by atomic mass is 10.1. The van der Waals surface area contributed by atoms with Gasteiger partial charge in [0.05, 0.1) is 15.7 Å². The molecule has 0 aliphatic rings. The van der Waals surface area contributed by atoms with Crippen molar-refractivity contribution in [3.63, 3.8) is 0 Å². The van der Waals surface area contributed by atoms with E-state index in [0.717, 1.165) is 11.1 Å². The van der Waals surface area contributed by atoms with Crippen molar-refractivity contribution in [2.45, 2.75) is 13.8 Å². The predicted octanol–water partition coefficient (Wildman–Crippen LogP) is 4.73. The standard InChI is InChI=1S/C19H15Cl2NO4/c1-10-3-4-15(13(20)5-10)22-18(23)9-25-17-8-16-12(7-14(17)21)11(2)6-19(24)26-16/h3-8H,9H2,1-2H3,(H,22,23). The monoisotopic (exact) mass is 391 g/mol. The Kier molecular flexibility index (Phi) is 5.20. The van der Waals surface area contributed by atoms with E-state index >= 15 is 0 Å². The molecule has 134 valence electrons. The normalized spacial score (nSPS) is 10.8. The van der Waals surface area contributed by atoms with Crippen LogP contribution in [0.4, 0.5) is 5.69 Å². The van der Waals surface area contributed by atoms with Gasteiger partial charge in [-0.3, -0.25) is 4.79 Å². The Balaban J connectivity index is 1.75. The molecule has 1 amide bonds. The van der Waals surface area contributed by atoms with E-state index < -0.39 is 11.5 Å². The zero-order valence-corrected chi connectivity index (χ0v) is 15.6. The zero-order valence-electron chi connectivity index (χ0n) is 14.1. The Morgan fingerprint density at radius 2 is 1.88 bits per heavy atom. The highest BCUT2D eigenvalue weighted by Crippen LogP contribution is 2.31. The van der Waals surface area contributed by atoms with Gasteiger partial charge in [0.15, 0.2) is 6.61 Å². The molecule has 0 saturated heterocycles. The molecule has 0 radical (unpaired) electrons. The first-order valence-electron chi connectivity index (χ1n) is 7.76. The molecule has 0 aliphatic heterocycles. The fraction of sp³-hybridized carbons (Fsp3) is 0.158. The molecule has 7 heteroatoms. The van der Waals surface area contributed by atoms with Crippen LogP contribution in [0.3, 0.4) is 0 Å². The Bertz CT molecular complexity index is 1060. The molecule has 3 rings (SSSR count). The molecule has 0 spiro atoms. The number of ether oxygens (including phenoxy) is 1. The highest BCUT2D eigenvalue weighted by atomic mass is 35.5. The van der Waals surface area contributed by atoms with Gasteiger partial charge in [-0.1, -0.05) is 29.3 Å². The molecule has 0 saturated carbocycles. The van der Waals surface area contributed by atoms with Crippen molar-refractivity contribution < 1.29 is 13.9 Å². The molecule has 1 heterocycles. The number of rotatable bonds is 4. The van der Waals surface area contributed by atoms with Gasteiger partial charge < -0.3 is 14.5 Å². The van der Waals surface area contributed by atoms with Crippen LogP contribution in [0.5, 0.6) is 5.75 Å². The highest BCUT2D eigenvalue weighted by molar-refractivity contribution is 6.34. The fourth-order valence-corrected chi connectivity index (χ4v) is 2.98. The van der Waals surface area contributed by atoms with E-state index in [1.54, 1.807) is 25.1 Å². The van der Waals surface area contributed by atoms with Gasteiger partial charge in [0.25, 0.3) is 5.91 Å². The summed E-state index contributed by atoms with van der Waals surface area (Å²) >= 11 is 12.3. The van der Waals surface area contributed by atoms with Crippen molar-refractivity contribution in [3.8, 4) is 5.75 Å². The molecule has 0 atom stereocenters. The molecular weight excluding hydrogens is 377 g/mol. The van der Waals surface area contributed by atoms with Crippen LogP contribution in [0.15, 0.2) is 45.6 Å². The smallest absolute Gasteiger partial charge is 0.336 e. The number of carbonyl (C=O) groups is 1. The molecule has 0 bridgehead atoms. The number of fused-ring (bicyclic) bond motifs is 1. The Labute approximate surface area is 159 Å². The van der Waals surface area contributed by atoms with E-state index in [0.29, 0.717) is 26.7 Å². The molecule has 5 nitrogen and oxygen atoms in total. The average Bonchev–Trinajstić information content (AvgIpc) is 2.56. The lowest BCUT2D eigenvalue weighted by molar-refractivity contribution is -0.118. The quantitative estimate of drug-likeness (QED) is 0.652. The molecule has 3 aromatic rings. The third kappa shape index (κ3) is 4.00. The zero-order chi connectivity index (χ0) is 18.8. The van der Waals surface area contributed by atoms with Gasteiger partial charge in [0.2, 0.25) is 0 Å². The molecule has 0 aliphatic carbocycles. The summed E-state index contributed by atoms with van der Waals surface area (Å²) in [6, 6.07) is 9.83. The molecule has 1 aromatic heterocycles. The summed E-state index contributed by atoms with van der Waals surface area (Å²) in [5, 5.41) is 4.14. The Morgan fingerprint density at radius 3 is 2.62 bits per heavy atom. The van der Waals surface area contributed by atoms with Crippen LogP contribution < -0.4 is 15.7 Å². The first-order chi connectivity index (χ1) is 12.3. The number of halogens is 2. The van der Waals surface area contributed by atoms with Gasteiger partial charge in [-0.25, -0.2) is 4.79 Å². The van der Waals surface area contributed by atoms with Crippen molar-refractivity contribution in [2.75, 3.05) is 11.9 Å². The van der Waals surface area contributed by atoms with Gasteiger partial charge in [0, 0.05) is 17.5 Å². The van der Waals surface area contributed by atoms with Crippen LogP contribution in [0.2, 0.25) is 10.0 Å². The minimum Gasteiger partial charge on any atom is -0.482 e. The van der Waals surface area contributed by atoms with E-state index in [4.69, 9.17) is 32.4 Å². The van der Waals surface area contributed by atoms with Gasteiger partial charge in [-0.15, -0.1) is 0 Å². The van der Waals surface area contributed by atoms with E-state index in [1.165, 1.54) is 12.1 Å². The summed E-state index contributed by atoms with van der Waals surface area (Å²) in [4.78, 5) is 23.6. The second-order valence-electron chi connectivity index (χ2n) is 5.85. The number of hydrogen-bond donors (Lipinski definition) is 1. The first-order valence-corrected chi connectivity index (χ1v) is 8.52. The summed E-state index contributed by atoms with van der Waals surface area (Å²) in [6.45, 7) is 3.42. The Morgan fingerprint density at radius 1 is 1.12 bits per heavy atom. The number of amides is 1. The number of aryl methyl sites for hydroxylation is 2. The SMILES string of the molecule is Cc1ccc(NC(=O)COc2cc3oc(=O)cc(C)c3cc2Cl)c(Cl)c1. The number of anilines is 1. The maximum atomic E-state index is 12.1. The third-order valence-electron chi connectivity index (χ3n) is 3.76. The minimum absolute atomic E-state index is 0.248. The van der Waals surface area contributed by atoms with Crippen LogP contribution in [-0.2, 0) is 4.79 Å². The number of carbonyl (C=O) groups excluding carboxylic acids is 1. The van der Waals surface area contributed by atoms with Crippen LogP contribution in [-0.4, -0.2) is 12.5 Å². The van der Waals surface area contributed by atoms with Crippen molar-refractivity contribution in [1.29, 1.82) is 0 Å². The molecule has 26 heavy (non-hydrogen) atoms. The van der Waals surface area contributed by atoms with Crippen LogP contribution >= 0.6 is 23.2 Å². The summed E-state index contributed by atoms with van der Waals surface area (Å²) < 4.78 is 10.6. The lowest BCUT2D eigenvalue weighted by Gasteiger charge is -2.11. The van der Waals surface area contributed by atoms with E-state index in [2.05, 4.69) is 5.32 Å². The minimum atomic E-state index is -0.463. The maximum absolute atomic E-state index is 12.1. The van der Waals surface area contributed by atoms with E-state index in [-0.39, 0.29) is 12.4 Å². The summed E-state index contributed by atoms with van der Waals surface area (Å²) in [7, 11) is 0. The molecule has 1 N–H and O–H groups in total. The van der Waals surface area contributed by atoms with Crippen molar-refractivity contribution >= 4 is 45.8 Å².